The molecule has 0 aromatic rings. The molecule has 1 amide bonds. The van der Waals surface area contributed by atoms with Crippen molar-refractivity contribution in [1.29, 1.82) is 0 Å². The van der Waals surface area contributed by atoms with Crippen molar-refractivity contribution in [2.24, 2.45) is 0 Å². The Hall–Kier alpha value is -1.14. The lowest BCUT2D eigenvalue weighted by atomic mass is 10.1. The molecular formula is C11H18N2O4. The van der Waals surface area contributed by atoms with Crippen molar-refractivity contribution in [3.63, 3.8) is 0 Å². The number of carboxylic acids is 1. The lowest BCUT2D eigenvalue weighted by molar-refractivity contribution is -0.147. The first-order chi connectivity index (χ1) is 8.18. The van der Waals surface area contributed by atoms with Gasteiger partial charge < -0.3 is 20.1 Å². The maximum Gasteiger partial charge on any atom is 0.305 e. The Morgan fingerprint density at radius 2 is 2.29 bits per heavy atom. The average molecular weight is 242 g/mol. The largest absolute Gasteiger partial charge is 0.481 e. The summed E-state index contributed by atoms with van der Waals surface area (Å²) in [7, 11) is 0. The summed E-state index contributed by atoms with van der Waals surface area (Å²) < 4.78 is 5.40. The van der Waals surface area contributed by atoms with Crippen LogP contribution in [0.1, 0.15) is 19.3 Å². The van der Waals surface area contributed by atoms with Crippen LogP contribution in [0.4, 0.5) is 0 Å². The zero-order chi connectivity index (χ0) is 12.3. The van der Waals surface area contributed by atoms with E-state index in [1.807, 2.05) is 0 Å². The van der Waals surface area contributed by atoms with E-state index in [0.717, 1.165) is 19.4 Å². The van der Waals surface area contributed by atoms with Gasteiger partial charge in [0.2, 0.25) is 0 Å². The van der Waals surface area contributed by atoms with Gasteiger partial charge in [-0.1, -0.05) is 0 Å². The van der Waals surface area contributed by atoms with Gasteiger partial charge in [0, 0.05) is 25.7 Å². The molecule has 2 heterocycles. The molecule has 0 aliphatic carbocycles. The fourth-order valence-electron chi connectivity index (χ4n) is 2.45. The molecule has 2 saturated heterocycles. The summed E-state index contributed by atoms with van der Waals surface area (Å²) in [4.78, 5) is 24.6. The van der Waals surface area contributed by atoms with E-state index in [1.165, 1.54) is 0 Å². The van der Waals surface area contributed by atoms with Crippen molar-refractivity contribution in [1.82, 2.24) is 10.2 Å². The third kappa shape index (κ3) is 2.95. The predicted octanol–water partition coefficient (Wildman–Crippen LogP) is -0.559. The van der Waals surface area contributed by atoms with E-state index in [2.05, 4.69) is 5.32 Å². The topological polar surface area (TPSA) is 78.9 Å². The second kappa shape index (κ2) is 5.46. The Morgan fingerprint density at radius 3 is 2.94 bits per heavy atom. The first-order valence-corrected chi connectivity index (χ1v) is 6.03. The fraction of sp³-hybridized carbons (Fsp3) is 0.818. The standard InChI is InChI=1S/C11H18N2O4/c14-10(15)6-8-2-1-4-13(8)11(16)9-7-12-3-5-17-9/h8-9,12H,1-7H2,(H,14,15). The SMILES string of the molecule is O=C(O)CC1CCCN1C(=O)C1CNCCO1. The molecular weight excluding hydrogens is 224 g/mol. The molecule has 2 aliphatic heterocycles. The number of nitrogens with one attached hydrogen (secondary N) is 1. The normalized spacial score (nSPS) is 29.3. The van der Waals surface area contributed by atoms with Crippen molar-refractivity contribution in [2.45, 2.75) is 31.4 Å². The Morgan fingerprint density at radius 1 is 1.47 bits per heavy atom. The Kier molecular flexibility index (Phi) is 3.96. The fourth-order valence-corrected chi connectivity index (χ4v) is 2.45. The molecule has 0 bridgehead atoms. The number of morpholine rings is 1. The van der Waals surface area contributed by atoms with Crippen LogP contribution >= 0.6 is 0 Å². The molecule has 0 radical (unpaired) electrons. The van der Waals surface area contributed by atoms with Crippen LogP contribution in [0.3, 0.4) is 0 Å². The summed E-state index contributed by atoms with van der Waals surface area (Å²) in [5.41, 5.74) is 0. The molecule has 2 rings (SSSR count). The van der Waals surface area contributed by atoms with Crippen molar-refractivity contribution >= 4 is 11.9 Å². The summed E-state index contributed by atoms with van der Waals surface area (Å²) in [6.07, 6.45) is 1.24. The smallest absolute Gasteiger partial charge is 0.305 e. The number of hydrogen-bond acceptors (Lipinski definition) is 4. The highest BCUT2D eigenvalue weighted by molar-refractivity contribution is 5.82. The highest BCUT2D eigenvalue weighted by atomic mass is 16.5. The predicted molar refractivity (Wildman–Crippen MR) is 59.6 cm³/mol. The van der Waals surface area contributed by atoms with E-state index in [4.69, 9.17) is 9.84 Å². The van der Waals surface area contributed by atoms with Crippen LogP contribution in [0.2, 0.25) is 0 Å². The van der Waals surface area contributed by atoms with Gasteiger partial charge in [0.15, 0.2) is 0 Å². The molecule has 6 nitrogen and oxygen atoms in total. The number of nitrogens with zero attached hydrogens (tertiary/aromatic N) is 1. The highest BCUT2D eigenvalue weighted by Gasteiger charge is 2.35. The number of carbonyl (C=O) groups excluding carboxylic acids is 1. The number of amides is 1. The molecule has 0 spiro atoms. The van der Waals surface area contributed by atoms with Crippen molar-refractivity contribution in [3.05, 3.63) is 0 Å². The minimum Gasteiger partial charge on any atom is -0.481 e. The number of rotatable bonds is 3. The third-order valence-corrected chi connectivity index (χ3v) is 3.27. The molecule has 2 atom stereocenters. The zero-order valence-electron chi connectivity index (χ0n) is 9.72. The number of hydrogen-bond donors (Lipinski definition) is 2. The molecule has 17 heavy (non-hydrogen) atoms. The zero-order valence-corrected chi connectivity index (χ0v) is 9.72. The molecule has 2 N–H and O–H groups in total. The van der Waals surface area contributed by atoms with Gasteiger partial charge in [-0.25, -0.2) is 0 Å². The van der Waals surface area contributed by atoms with Gasteiger partial charge in [-0.15, -0.1) is 0 Å². The second-order valence-electron chi connectivity index (χ2n) is 4.49. The van der Waals surface area contributed by atoms with Gasteiger partial charge in [-0.3, -0.25) is 9.59 Å². The Labute approximate surface area is 99.9 Å². The van der Waals surface area contributed by atoms with Gasteiger partial charge in [0.1, 0.15) is 6.10 Å². The summed E-state index contributed by atoms with van der Waals surface area (Å²) >= 11 is 0. The van der Waals surface area contributed by atoms with E-state index < -0.39 is 12.1 Å². The van der Waals surface area contributed by atoms with Crippen LogP contribution in [0.25, 0.3) is 0 Å². The van der Waals surface area contributed by atoms with Crippen LogP contribution in [0, 0.1) is 0 Å². The number of ether oxygens (including phenoxy) is 1. The molecule has 2 aliphatic rings. The van der Waals surface area contributed by atoms with Crippen molar-refractivity contribution in [2.75, 3.05) is 26.2 Å². The third-order valence-electron chi connectivity index (χ3n) is 3.27. The van der Waals surface area contributed by atoms with Gasteiger partial charge in [0.05, 0.1) is 13.0 Å². The van der Waals surface area contributed by atoms with E-state index in [-0.39, 0.29) is 18.4 Å². The minimum atomic E-state index is -0.850. The molecule has 2 fully saturated rings. The molecule has 96 valence electrons. The van der Waals surface area contributed by atoms with E-state index >= 15 is 0 Å². The maximum absolute atomic E-state index is 12.2. The molecule has 6 heteroatoms. The van der Waals surface area contributed by atoms with E-state index in [0.29, 0.717) is 19.7 Å². The molecule has 2 unspecified atom stereocenters. The van der Waals surface area contributed by atoms with Crippen LogP contribution in [-0.4, -0.2) is 60.3 Å². The highest BCUT2D eigenvalue weighted by Crippen LogP contribution is 2.21. The first-order valence-electron chi connectivity index (χ1n) is 6.03. The first kappa shape index (κ1) is 12.3. The number of aliphatic carboxylic acids is 1. The van der Waals surface area contributed by atoms with Gasteiger partial charge in [-0.2, -0.15) is 0 Å². The van der Waals surface area contributed by atoms with Gasteiger partial charge in [0.25, 0.3) is 5.91 Å². The Bertz CT molecular complexity index is 302. The minimum absolute atomic E-state index is 0.0336. The number of carbonyl (C=O) groups is 2. The lowest BCUT2D eigenvalue weighted by Gasteiger charge is -2.30. The summed E-state index contributed by atoms with van der Waals surface area (Å²) in [5, 5.41) is 11.9. The summed E-state index contributed by atoms with van der Waals surface area (Å²) in [6.45, 7) is 2.47. The monoisotopic (exact) mass is 242 g/mol. The van der Waals surface area contributed by atoms with Crippen molar-refractivity contribution in [3.8, 4) is 0 Å². The summed E-state index contributed by atoms with van der Waals surface area (Å²) in [5.74, 6) is -0.918. The lowest BCUT2D eigenvalue weighted by Crippen LogP contribution is -2.50. The van der Waals surface area contributed by atoms with Gasteiger partial charge in [-0.05, 0) is 12.8 Å². The van der Waals surface area contributed by atoms with E-state index in [1.54, 1.807) is 4.90 Å². The van der Waals surface area contributed by atoms with Crippen molar-refractivity contribution < 1.29 is 19.4 Å². The average Bonchev–Trinajstić information content (AvgIpc) is 2.76. The van der Waals surface area contributed by atoms with Crippen LogP contribution in [0.5, 0.6) is 0 Å². The Balaban J connectivity index is 1.94. The molecule has 0 aromatic heterocycles. The maximum atomic E-state index is 12.2. The summed E-state index contributed by atoms with van der Waals surface area (Å²) in [6, 6.07) is -0.162. The number of likely N-dealkylation sites (tertiary alicyclic amines) is 1. The quantitative estimate of drug-likeness (QED) is 0.693. The second-order valence-corrected chi connectivity index (χ2v) is 4.49. The van der Waals surface area contributed by atoms with Crippen LogP contribution in [-0.2, 0) is 14.3 Å². The van der Waals surface area contributed by atoms with E-state index in [9.17, 15) is 9.59 Å². The number of carboxylic acid groups (broad SMARTS) is 1. The van der Waals surface area contributed by atoms with Crippen LogP contribution < -0.4 is 5.32 Å². The molecule has 0 aromatic carbocycles. The van der Waals surface area contributed by atoms with Crippen LogP contribution in [0.15, 0.2) is 0 Å². The van der Waals surface area contributed by atoms with Gasteiger partial charge >= 0.3 is 5.97 Å². The molecule has 0 saturated carbocycles.